The lowest BCUT2D eigenvalue weighted by Gasteiger charge is -2.35. The fourth-order valence-electron chi connectivity index (χ4n) is 5.82. The number of para-hydroxylation sites is 2. The van der Waals surface area contributed by atoms with Gasteiger partial charge in [0.1, 0.15) is 12.4 Å². The van der Waals surface area contributed by atoms with Crippen molar-refractivity contribution < 1.29 is 28.5 Å². The van der Waals surface area contributed by atoms with Crippen LogP contribution in [0.5, 0.6) is 17.2 Å². The summed E-state index contributed by atoms with van der Waals surface area (Å²) in [6.07, 6.45) is 2.17. The molecule has 228 valence electrons. The van der Waals surface area contributed by atoms with Gasteiger partial charge in [-0.2, -0.15) is 0 Å². The molecule has 0 aromatic heterocycles. The van der Waals surface area contributed by atoms with Crippen LogP contribution < -0.4 is 19.5 Å². The average Bonchev–Trinajstić information content (AvgIpc) is 3.75. The number of carbonyl (C=O) groups is 2. The molecule has 2 aromatic carbocycles. The number of carbonyl (C=O) groups excluding carboxylic acids is 2. The number of aryl methyl sites for hydroxylation is 1. The van der Waals surface area contributed by atoms with Crippen LogP contribution in [0.1, 0.15) is 49.0 Å². The fraction of sp³-hybridized carbons (Fsp3) is 0.576. The first-order valence-corrected chi connectivity index (χ1v) is 15.3. The van der Waals surface area contributed by atoms with E-state index in [1.54, 1.807) is 7.11 Å². The third kappa shape index (κ3) is 7.18. The lowest BCUT2D eigenvalue weighted by molar-refractivity contribution is -0.142. The Bertz CT molecular complexity index is 1230. The first-order chi connectivity index (χ1) is 20.4. The number of nitrogens with zero attached hydrogens (tertiary/aromatic N) is 2. The van der Waals surface area contributed by atoms with Gasteiger partial charge in [-0.05, 0) is 75.3 Å². The minimum Gasteiger partial charge on any atom is -0.493 e. The van der Waals surface area contributed by atoms with E-state index >= 15 is 0 Å². The maximum atomic E-state index is 13.8. The summed E-state index contributed by atoms with van der Waals surface area (Å²) in [5.74, 6) is 2.48. The van der Waals surface area contributed by atoms with E-state index in [9.17, 15) is 9.59 Å². The Morgan fingerprint density at radius 1 is 1.02 bits per heavy atom. The zero-order valence-corrected chi connectivity index (χ0v) is 25.3. The van der Waals surface area contributed by atoms with Gasteiger partial charge in [-0.1, -0.05) is 18.2 Å². The maximum Gasteiger partial charge on any atom is 0.267 e. The van der Waals surface area contributed by atoms with Gasteiger partial charge in [0.25, 0.3) is 11.8 Å². The van der Waals surface area contributed by atoms with E-state index in [4.69, 9.17) is 18.9 Å². The third-order valence-corrected chi connectivity index (χ3v) is 8.47. The molecule has 3 aliphatic rings. The smallest absolute Gasteiger partial charge is 0.267 e. The molecule has 1 saturated heterocycles. The Labute approximate surface area is 249 Å². The normalized spacial score (nSPS) is 21.3. The Morgan fingerprint density at radius 2 is 1.76 bits per heavy atom. The Kier molecular flexibility index (Phi) is 9.90. The van der Waals surface area contributed by atoms with Gasteiger partial charge >= 0.3 is 0 Å². The lowest BCUT2D eigenvalue weighted by atomic mass is 9.93. The topological polar surface area (TPSA) is 89.6 Å². The van der Waals surface area contributed by atoms with E-state index in [1.165, 1.54) is 0 Å². The van der Waals surface area contributed by atoms with Crippen molar-refractivity contribution in [2.75, 3.05) is 53.1 Å². The number of amides is 2. The molecular weight excluding hydrogens is 534 g/mol. The first-order valence-electron chi connectivity index (χ1n) is 15.3. The van der Waals surface area contributed by atoms with E-state index < -0.39 is 6.10 Å². The Balaban J connectivity index is 1.24. The molecule has 2 heterocycles. The van der Waals surface area contributed by atoms with E-state index in [-0.39, 0.29) is 42.3 Å². The van der Waals surface area contributed by atoms with Crippen LogP contribution in [0.4, 0.5) is 0 Å². The molecule has 1 unspecified atom stereocenters. The quantitative estimate of drug-likeness (QED) is 0.360. The van der Waals surface area contributed by atoms with E-state index in [0.29, 0.717) is 43.4 Å². The van der Waals surface area contributed by atoms with Crippen molar-refractivity contribution in [2.24, 2.45) is 11.8 Å². The summed E-state index contributed by atoms with van der Waals surface area (Å²) in [6, 6.07) is 13.5. The Morgan fingerprint density at radius 3 is 2.48 bits per heavy atom. The zero-order chi connectivity index (χ0) is 29.6. The molecule has 3 atom stereocenters. The van der Waals surface area contributed by atoms with Crippen molar-refractivity contribution in [1.82, 2.24) is 15.1 Å². The summed E-state index contributed by atoms with van der Waals surface area (Å²) in [6.45, 7) is 10.4. The van der Waals surface area contributed by atoms with Crippen LogP contribution >= 0.6 is 0 Å². The molecule has 9 nitrogen and oxygen atoms in total. The summed E-state index contributed by atoms with van der Waals surface area (Å²) in [7, 11) is 1.68. The van der Waals surface area contributed by atoms with Gasteiger partial charge in [0, 0.05) is 64.0 Å². The van der Waals surface area contributed by atoms with Gasteiger partial charge in [0.15, 0.2) is 11.5 Å². The summed E-state index contributed by atoms with van der Waals surface area (Å²) in [5.41, 5.74) is 1.63. The number of rotatable bonds is 13. The fourth-order valence-corrected chi connectivity index (χ4v) is 5.82. The van der Waals surface area contributed by atoms with Crippen LogP contribution in [0.2, 0.25) is 0 Å². The molecule has 9 heteroatoms. The molecule has 2 aromatic rings. The van der Waals surface area contributed by atoms with Crippen molar-refractivity contribution in [3.05, 3.63) is 53.6 Å². The van der Waals surface area contributed by atoms with E-state index in [0.717, 1.165) is 43.7 Å². The van der Waals surface area contributed by atoms with Gasteiger partial charge in [-0.15, -0.1) is 0 Å². The summed E-state index contributed by atoms with van der Waals surface area (Å²) in [4.78, 5) is 31.5. The molecule has 5 rings (SSSR count). The number of methoxy groups -OCH3 is 1. The van der Waals surface area contributed by atoms with Crippen molar-refractivity contribution in [1.29, 1.82) is 0 Å². The zero-order valence-electron chi connectivity index (χ0n) is 25.3. The molecule has 0 spiro atoms. The number of benzene rings is 2. The highest BCUT2D eigenvalue weighted by Gasteiger charge is 2.42. The van der Waals surface area contributed by atoms with Gasteiger partial charge in [0.2, 0.25) is 6.10 Å². The molecule has 0 radical (unpaired) electrons. The van der Waals surface area contributed by atoms with Gasteiger partial charge in [0.05, 0.1) is 6.61 Å². The van der Waals surface area contributed by atoms with Crippen LogP contribution in [0, 0.1) is 18.8 Å². The molecule has 1 aliphatic carbocycles. The van der Waals surface area contributed by atoms with Gasteiger partial charge < -0.3 is 34.1 Å². The average molecular weight is 580 g/mol. The van der Waals surface area contributed by atoms with Gasteiger partial charge in [-0.3, -0.25) is 9.59 Å². The number of fused-ring (bicyclic) bond motifs is 1. The number of hydrogen-bond acceptors (Lipinski definition) is 7. The van der Waals surface area contributed by atoms with Crippen LogP contribution in [0.15, 0.2) is 42.5 Å². The van der Waals surface area contributed by atoms with Crippen molar-refractivity contribution in [3.63, 3.8) is 0 Å². The minimum atomic E-state index is -0.644. The van der Waals surface area contributed by atoms with Crippen molar-refractivity contribution >= 4 is 11.8 Å². The highest BCUT2D eigenvalue weighted by atomic mass is 16.6. The first kappa shape index (κ1) is 30.2. The standard InChI is InChI=1S/C33H45N3O6/c1-22(2)35(32(37)24-11-10-23(3)30(16-24)40-15-7-14-39-4)19-25-17-34-18-26(25)20-36(27-12-13-27)33(38)31-21-41-28-8-5-6-9-29(28)42-31/h5-6,8-11,16,22,25-27,31,34H,7,12-15,17-21H2,1-4H3/t25-,26-,31?/m0/s1. The molecule has 2 fully saturated rings. The van der Waals surface area contributed by atoms with Crippen LogP contribution in [0.3, 0.4) is 0 Å². The predicted octanol–water partition coefficient (Wildman–Crippen LogP) is 3.93. The van der Waals surface area contributed by atoms with Gasteiger partial charge in [-0.25, -0.2) is 0 Å². The summed E-state index contributed by atoms with van der Waals surface area (Å²) in [5, 5.41) is 3.53. The van der Waals surface area contributed by atoms with Crippen molar-refractivity contribution in [2.45, 2.75) is 58.2 Å². The lowest BCUT2D eigenvalue weighted by Crippen LogP contribution is -2.50. The summed E-state index contributed by atoms with van der Waals surface area (Å²) < 4.78 is 23.0. The highest BCUT2D eigenvalue weighted by molar-refractivity contribution is 5.95. The molecule has 0 bridgehead atoms. The number of hydrogen-bond donors (Lipinski definition) is 1. The van der Waals surface area contributed by atoms with Crippen molar-refractivity contribution in [3.8, 4) is 17.2 Å². The SMILES string of the molecule is COCCCOc1cc(C(=O)N(C[C@@H]2CNC[C@H]2CN(C(=O)C2COc3ccccc3O2)C2CC2)C(C)C)ccc1C. The molecule has 1 saturated carbocycles. The van der Waals surface area contributed by atoms with Crippen LogP contribution in [0.25, 0.3) is 0 Å². The summed E-state index contributed by atoms with van der Waals surface area (Å²) >= 11 is 0. The largest absolute Gasteiger partial charge is 0.493 e. The maximum absolute atomic E-state index is 13.8. The molecule has 2 aliphatic heterocycles. The second kappa shape index (κ2) is 13.8. The molecule has 2 amide bonds. The third-order valence-electron chi connectivity index (χ3n) is 8.47. The highest BCUT2D eigenvalue weighted by Crippen LogP contribution is 2.35. The van der Waals surface area contributed by atoms with E-state index in [1.807, 2.05) is 59.2 Å². The monoisotopic (exact) mass is 579 g/mol. The molecule has 1 N–H and O–H groups in total. The Hall–Kier alpha value is -3.30. The molecular formula is C33H45N3O6. The van der Waals surface area contributed by atoms with Crippen LogP contribution in [-0.4, -0.2) is 92.9 Å². The van der Waals surface area contributed by atoms with E-state index in [2.05, 4.69) is 19.2 Å². The minimum absolute atomic E-state index is 0.000985. The molecule has 42 heavy (non-hydrogen) atoms. The second-order valence-corrected chi connectivity index (χ2v) is 12.0. The number of ether oxygens (including phenoxy) is 4. The second-order valence-electron chi connectivity index (χ2n) is 12.0. The number of nitrogens with one attached hydrogen (secondary N) is 1. The van der Waals surface area contributed by atoms with Crippen LogP contribution in [-0.2, 0) is 9.53 Å². The predicted molar refractivity (Wildman–Crippen MR) is 160 cm³/mol.